The number of fused-ring (bicyclic) bond motifs is 1. The highest BCUT2D eigenvalue weighted by molar-refractivity contribution is 6.31. The van der Waals surface area contributed by atoms with Crippen LogP contribution in [-0.2, 0) is 0 Å². The fourth-order valence-electron chi connectivity index (χ4n) is 3.93. The van der Waals surface area contributed by atoms with Gasteiger partial charge in [-0.25, -0.2) is 0 Å². The molecule has 1 aliphatic rings. The maximum atomic E-state index is 12.9. The SMILES string of the molecule is Cc1cc(C(=O)N2CC=C(c3c[nH]c4ccc(Cl)cc34)CC2)ccc1N(C)C. The van der Waals surface area contributed by atoms with Gasteiger partial charge in [0.2, 0.25) is 0 Å². The standard InChI is InChI=1S/C23H24ClN3O/c1-15-12-17(4-7-22(15)26(2)3)23(28)27-10-8-16(9-11-27)20-14-25-21-6-5-18(24)13-19(20)21/h4-8,12-14,25H,9-11H2,1-3H3. The zero-order chi connectivity index (χ0) is 19.8. The number of carbonyl (C=O) groups is 1. The van der Waals surface area contributed by atoms with Crippen molar-refractivity contribution in [2.45, 2.75) is 13.3 Å². The molecule has 1 aliphatic heterocycles. The zero-order valence-corrected chi connectivity index (χ0v) is 17.2. The van der Waals surface area contributed by atoms with Gasteiger partial charge < -0.3 is 14.8 Å². The fraction of sp³-hybridized carbons (Fsp3) is 0.261. The van der Waals surface area contributed by atoms with Gasteiger partial charge in [0.05, 0.1) is 0 Å². The van der Waals surface area contributed by atoms with Gasteiger partial charge in [0.1, 0.15) is 0 Å². The number of halogens is 1. The molecule has 0 fully saturated rings. The van der Waals surface area contributed by atoms with Crippen molar-refractivity contribution in [1.82, 2.24) is 9.88 Å². The van der Waals surface area contributed by atoms with Gasteiger partial charge in [-0.3, -0.25) is 4.79 Å². The molecule has 0 saturated carbocycles. The summed E-state index contributed by atoms with van der Waals surface area (Å²) in [4.78, 5) is 20.2. The Morgan fingerprint density at radius 3 is 2.68 bits per heavy atom. The molecule has 4 nitrogen and oxygen atoms in total. The van der Waals surface area contributed by atoms with Crippen LogP contribution in [-0.4, -0.2) is 43.0 Å². The zero-order valence-electron chi connectivity index (χ0n) is 16.4. The van der Waals surface area contributed by atoms with Gasteiger partial charge in [0.25, 0.3) is 5.91 Å². The number of hydrogen-bond acceptors (Lipinski definition) is 2. The van der Waals surface area contributed by atoms with E-state index < -0.39 is 0 Å². The molecule has 0 atom stereocenters. The first-order valence-corrected chi connectivity index (χ1v) is 9.85. The molecule has 5 heteroatoms. The lowest BCUT2D eigenvalue weighted by atomic mass is 9.98. The number of aromatic amines is 1. The lowest BCUT2D eigenvalue weighted by Gasteiger charge is -2.27. The van der Waals surface area contributed by atoms with Crippen LogP contribution in [0.3, 0.4) is 0 Å². The van der Waals surface area contributed by atoms with Gasteiger partial charge in [-0.2, -0.15) is 0 Å². The third-order valence-electron chi connectivity index (χ3n) is 5.41. The highest BCUT2D eigenvalue weighted by atomic mass is 35.5. The van der Waals surface area contributed by atoms with Crippen LogP contribution in [0, 0.1) is 6.92 Å². The average Bonchev–Trinajstić information content (AvgIpc) is 3.10. The molecule has 1 amide bonds. The Balaban J connectivity index is 1.54. The summed E-state index contributed by atoms with van der Waals surface area (Å²) in [6.45, 7) is 3.38. The van der Waals surface area contributed by atoms with Crippen molar-refractivity contribution in [2.75, 3.05) is 32.1 Å². The van der Waals surface area contributed by atoms with Crippen LogP contribution in [0.15, 0.2) is 48.7 Å². The van der Waals surface area contributed by atoms with E-state index >= 15 is 0 Å². The molecular formula is C23H24ClN3O. The van der Waals surface area contributed by atoms with E-state index in [4.69, 9.17) is 11.6 Å². The Bertz CT molecular complexity index is 1080. The Labute approximate surface area is 170 Å². The number of nitrogens with zero attached hydrogens (tertiary/aromatic N) is 2. The van der Waals surface area contributed by atoms with E-state index in [1.54, 1.807) is 0 Å². The molecule has 4 rings (SSSR count). The molecule has 28 heavy (non-hydrogen) atoms. The van der Waals surface area contributed by atoms with E-state index in [2.05, 4.69) is 16.0 Å². The maximum absolute atomic E-state index is 12.9. The molecule has 0 bridgehead atoms. The lowest BCUT2D eigenvalue weighted by Crippen LogP contribution is -2.34. The quantitative estimate of drug-likeness (QED) is 0.670. The van der Waals surface area contributed by atoms with Crippen LogP contribution in [0.1, 0.15) is 27.9 Å². The van der Waals surface area contributed by atoms with Crippen LogP contribution >= 0.6 is 11.6 Å². The predicted molar refractivity (Wildman–Crippen MR) is 117 cm³/mol. The molecule has 1 aromatic heterocycles. The number of anilines is 1. The molecule has 0 radical (unpaired) electrons. The first-order valence-electron chi connectivity index (χ1n) is 9.47. The van der Waals surface area contributed by atoms with Crippen LogP contribution in [0.25, 0.3) is 16.5 Å². The summed E-state index contributed by atoms with van der Waals surface area (Å²) in [6, 6.07) is 11.8. The van der Waals surface area contributed by atoms with Crippen molar-refractivity contribution in [3.63, 3.8) is 0 Å². The molecule has 0 aliphatic carbocycles. The van der Waals surface area contributed by atoms with Crippen molar-refractivity contribution in [3.05, 3.63) is 70.4 Å². The van der Waals surface area contributed by atoms with Crippen LogP contribution < -0.4 is 4.90 Å². The summed E-state index contributed by atoms with van der Waals surface area (Å²) in [5.41, 5.74) is 6.51. The number of aryl methyl sites for hydroxylation is 1. The average molecular weight is 394 g/mol. The molecule has 2 aromatic carbocycles. The smallest absolute Gasteiger partial charge is 0.254 e. The van der Waals surface area contributed by atoms with Crippen molar-refractivity contribution in [1.29, 1.82) is 0 Å². The second kappa shape index (κ2) is 7.36. The van der Waals surface area contributed by atoms with Gasteiger partial charge in [-0.1, -0.05) is 17.7 Å². The number of amides is 1. The van der Waals surface area contributed by atoms with Crippen LogP contribution in [0.2, 0.25) is 5.02 Å². The van der Waals surface area contributed by atoms with Crippen LogP contribution in [0.4, 0.5) is 5.69 Å². The second-order valence-electron chi connectivity index (χ2n) is 7.52. The number of carbonyl (C=O) groups excluding carboxylic acids is 1. The number of nitrogens with one attached hydrogen (secondary N) is 1. The molecule has 3 aromatic rings. The van der Waals surface area contributed by atoms with Gasteiger partial charge >= 0.3 is 0 Å². The van der Waals surface area contributed by atoms with E-state index in [0.29, 0.717) is 13.1 Å². The van der Waals surface area contributed by atoms with Crippen LogP contribution in [0.5, 0.6) is 0 Å². The molecule has 2 heterocycles. The van der Waals surface area contributed by atoms with Gasteiger partial charge in [-0.15, -0.1) is 0 Å². The minimum absolute atomic E-state index is 0.0886. The summed E-state index contributed by atoms with van der Waals surface area (Å²) in [5.74, 6) is 0.0886. The number of hydrogen-bond donors (Lipinski definition) is 1. The maximum Gasteiger partial charge on any atom is 0.254 e. The molecule has 0 spiro atoms. The monoisotopic (exact) mass is 393 g/mol. The normalized spacial score (nSPS) is 14.3. The Morgan fingerprint density at radius 1 is 1.18 bits per heavy atom. The first-order chi connectivity index (χ1) is 13.4. The molecule has 144 valence electrons. The molecule has 1 N–H and O–H groups in total. The summed E-state index contributed by atoms with van der Waals surface area (Å²) < 4.78 is 0. The summed E-state index contributed by atoms with van der Waals surface area (Å²) in [7, 11) is 4.03. The summed E-state index contributed by atoms with van der Waals surface area (Å²) in [5, 5.41) is 1.87. The van der Waals surface area contributed by atoms with Gasteiger partial charge in [0.15, 0.2) is 0 Å². The third-order valence-corrected chi connectivity index (χ3v) is 5.65. The Kier molecular flexibility index (Phi) is 4.90. The van der Waals surface area contributed by atoms with E-state index in [1.165, 1.54) is 11.1 Å². The van der Waals surface area contributed by atoms with Crippen molar-refractivity contribution < 1.29 is 4.79 Å². The molecule has 0 unspecified atom stereocenters. The van der Waals surface area contributed by atoms with Crippen molar-refractivity contribution in [3.8, 4) is 0 Å². The van der Waals surface area contributed by atoms with E-state index in [9.17, 15) is 4.79 Å². The number of benzene rings is 2. The van der Waals surface area contributed by atoms with E-state index in [-0.39, 0.29) is 5.91 Å². The van der Waals surface area contributed by atoms with E-state index in [0.717, 1.165) is 39.2 Å². The topological polar surface area (TPSA) is 39.3 Å². The van der Waals surface area contributed by atoms with E-state index in [1.807, 2.05) is 68.5 Å². The number of H-pyrrole nitrogens is 1. The Morgan fingerprint density at radius 2 is 2.00 bits per heavy atom. The summed E-state index contributed by atoms with van der Waals surface area (Å²) >= 11 is 6.17. The Hall–Kier alpha value is -2.72. The highest BCUT2D eigenvalue weighted by Gasteiger charge is 2.21. The third kappa shape index (κ3) is 3.40. The minimum Gasteiger partial charge on any atom is -0.377 e. The lowest BCUT2D eigenvalue weighted by molar-refractivity contribution is 0.0773. The highest BCUT2D eigenvalue weighted by Crippen LogP contribution is 2.31. The first kappa shape index (κ1) is 18.6. The van der Waals surface area contributed by atoms with Gasteiger partial charge in [-0.05, 0) is 60.9 Å². The van der Waals surface area contributed by atoms with Crippen molar-refractivity contribution in [2.24, 2.45) is 0 Å². The summed E-state index contributed by atoms with van der Waals surface area (Å²) in [6.07, 6.45) is 5.03. The fourth-order valence-corrected chi connectivity index (χ4v) is 4.10. The number of aromatic nitrogens is 1. The predicted octanol–water partition coefficient (Wildman–Crippen LogP) is 5.13. The molecular weight excluding hydrogens is 370 g/mol. The minimum atomic E-state index is 0.0886. The molecule has 0 saturated heterocycles. The number of rotatable bonds is 3. The van der Waals surface area contributed by atoms with Crippen molar-refractivity contribution >= 4 is 39.7 Å². The second-order valence-corrected chi connectivity index (χ2v) is 7.95. The largest absolute Gasteiger partial charge is 0.377 e. The van der Waals surface area contributed by atoms with Gasteiger partial charge in [0, 0.05) is 66.1 Å².